The van der Waals surface area contributed by atoms with Gasteiger partial charge in [0.15, 0.2) is 0 Å². The molecule has 0 heterocycles. The maximum absolute atomic E-state index is 12.2. The van der Waals surface area contributed by atoms with Crippen LogP contribution in [0.5, 0.6) is 0 Å². The number of amides is 2. The first kappa shape index (κ1) is 18.7. The summed E-state index contributed by atoms with van der Waals surface area (Å²) >= 11 is 5.96. The highest BCUT2D eigenvalue weighted by Gasteiger charge is 2.16. The molecule has 0 aliphatic heterocycles. The zero-order valence-corrected chi connectivity index (χ0v) is 13.2. The number of nitrogens with zero attached hydrogens (tertiary/aromatic N) is 1. The number of hydrogen-bond acceptors (Lipinski definition) is 3. The largest absolute Gasteiger partial charge is 0.339 e. The van der Waals surface area contributed by atoms with E-state index in [9.17, 15) is 9.59 Å². The molecular formula is C13H19Cl2N3O2. The highest BCUT2D eigenvalue weighted by atomic mass is 35.5. The number of benzene rings is 1. The molecule has 1 aromatic carbocycles. The molecule has 0 fully saturated rings. The van der Waals surface area contributed by atoms with Gasteiger partial charge in [0.2, 0.25) is 5.91 Å². The molecule has 0 unspecified atom stereocenters. The number of carbonyl (C=O) groups excluding carboxylic acids is 2. The van der Waals surface area contributed by atoms with Crippen LogP contribution in [0.15, 0.2) is 18.2 Å². The van der Waals surface area contributed by atoms with Gasteiger partial charge in [0, 0.05) is 18.7 Å². The van der Waals surface area contributed by atoms with Crippen molar-refractivity contribution in [3.63, 3.8) is 0 Å². The molecule has 112 valence electrons. The van der Waals surface area contributed by atoms with Gasteiger partial charge in [-0.2, -0.15) is 0 Å². The Balaban J connectivity index is 0.00000361. The molecule has 0 aliphatic rings. The van der Waals surface area contributed by atoms with Gasteiger partial charge in [0.1, 0.15) is 0 Å². The van der Waals surface area contributed by atoms with E-state index < -0.39 is 0 Å². The first-order valence-corrected chi connectivity index (χ1v) is 6.31. The van der Waals surface area contributed by atoms with Crippen LogP contribution in [0, 0.1) is 0 Å². The first-order valence-electron chi connectivity index (χ1n) is 5.93. The third-order valence-electron chi connectivity index (χ3n) is 2.77. The van der Waals surface area contributed by atoms with Crippen LogP contribution < -0.4 is 11.1 Å². The molecule has 1 aromatic rings. The van der Waals surface area contributed by atoms with Gasteiger partial charge in [-0.3, -0.25) is 9.59 Å². The summed E-state index contributed by atoms with van der Waals surface area (Å²) in [6.45, 7) is 3.70. The minimum atomic E-state index is -0.358. The van der Waals surface area contributed by atoms with Crippen molar-refractivity contribution in [3.8, 4) is 0 Å². The van der Waals surface area contributed by atoms with Crippen molar-refractivity contribution in [1.82, 2.24) is 4.90 Å². The molecule has 7 heteroatoms. The molecule has 3 N–H and O–H groups in total. The topological polar surface area (TPSA) is 75.4 Å². The Morgan fingerprint density at radius 1 is 1.40 bits per heavy atom. The maximum atomic E-state index is 12.2. The Bertz CT molecular complexity index is 493. The van der Waals surface area contributed by atoms with Crippen LogP contribution in [0.25, 0.3) is 0 Å². The number of anilines is 1. The lowest BCUT2D eigenvalue weighted by molar-refractivity contribution is -0.114. The summed E-state index contributed by atoms with van der Waals surface area (Å²) in [7, 11) is 1.72. The predicted octanol–water partition coefficient (Wildman–Crippen LogP) is 2.14. The Kier molecular flexibility index (Phi) is 7.57. The highest BCUT2D eigenvalue weighted by molar-refractivity contribution is 6.33. The quantitative estimate of drug-likeness (QED) is 0.892. The monoisotopic (exact) mass is 319 g/mol. The lowest BCUT2D eigenvalue weighted by Gasteiger charge is -2.21. The van der Waals surface area contributed by atoms with E-state index in [-0.39, 0.29) is 36.8 Å². The van der Waals surface area contributed by atoms with Gasteiger partial charge in [-0.15, -0.1) is 12.4 Å². The van der Waals surface area contributed by atoms with E-state index in [1.54, 1.807) is 30.1 Å². The Morgan fingerprint density at radius 3 is 2.50 bits per heavy atom. The van der Waals surface area contributed by atoms with Crippen LogP contribution in [0.1, 0.15) is 24.2 Å². The van der Waals surface area contributed by atoms with Crippen molar-refractivity contribution in [2.24, 2.45) is 5.73 Å². The average molecular weight is 320 g/mol. The fourth-order valence-corrected chi connectivity index (χ4v) is 1.56. The van der Waals surface area contributed by atoms with Crippen molar-refractivity contribution in [2.75, 3.05) is 18.9 Å². The lowest BCUT2D eigenvalue weighted by Crippen LogP contribution is -2.33. The molecule has 0 radical (unpaired) electrons. The summed E-state index contributed by atoms with van der Waals surface area (Å²) in [5.41, 5.74) is 6.08. The van der Waals surface area contributed by atoms with Crippen molar-refractivity contribution < 1.29 is 9.59 Å². The molecule has 20 heavy (non-hydrogen) atoms. The van der Waals surface area contributed by atoms with Crippen LogP contribution in [0.2, 0.25) is 5.02 Å². The van der Waals surface area contributed by atoms with Crippen molar-refractivity contribution in [2.45, 2.75) is 19.9 Å². The van der Waals surface area contributed by atoms with Crippen LogP contribution in [0.3, 0.4) is 0 Å². The van der Waals surface area contributed by atoms with Crippen molar-refractivity contribution in [1.29, 1.82) is 0 Å². The predicted molar refractivity (Wildman–Crippen MR) is 83.6 cm³/mol. The number of halogens is 2. The SMILES string of the molecule is CC(C)N(C)C(=O)c1ccc(Cl)c(NC(=O)CN)c1.Cl. The normalized spacial score (nSPS) is 9.90. The van der Waals surface area contributed by atoms with Gasteiger partial charge >= 0.3 is 0 Å². The van der Waals surface area contributed by atoms with Gasteiger partial charge in [0.05, 0.1) is 17.3 Å². The van der Waals surface area contributed by atoms with E-state index in [1.165, 1.54) is 0 Å². The first-order chi connectivity index (χ1) is 8.86. The van der Waals surface area contributed by atoms with E-state index in [4.69, 9.17) is 17.3 Å². The van der Waals surface area contributed by atoms with Crippen molar-refractivity contribution >= 4 is 41.5 Å². The second-order valence-corrected chi connectivity index (χ2v) is 4.86. The Hall–Kier alpha value is -1.30. The molecule has 1 rings (SSSR count). The van der Waals surface area contributed by atoms with E-state index in [1.807, 2.05) is 13.8 Å². The number of nitrogens with one attached hydrogen (secondary N) is 1. The molecular weight excluding hydrogens is 301 g/mol. The number of hydrogen-bond donors (Lipinski definition) is 2. The minimum Gasteiger partial charge on any atom is -0.339 e. The maximum Gasteiger partial charge on any atom is 0.253 e. The zero-order valence-electron chi connectivity index (χ0n) is 11.6. The summed E-state index contributed by atoms with van der Waals surface area (Å²) in [6, 6.07) is 4.85. The van der Waals surface area contributed by atoms with E-state index in [0.717, 1.165) is 0 Å². The van der Waals surface area contributed by atoms with Gasteiger partial charge in [0.25, 0.3) is 5.91 Å². The molecule has 0 bridgehead atoms. The molecule has 0 aliphatic carbocycles. The zero-order chi connectivity index (χ0) is 14.6. The summed E-state index contributed by atoms with van der Waals surface area (Å²) in [5, 5.41) is 2.92. The van der Waals surface area contributed by atoms with Crippen LogP contribution in [-0.4, -0.2) is 36.3 Å². The molecule has 0 aromatic heterocycles. The molecule has 0 saturated carbocycles. The molecule has 0 saturated heterocycles. The van der Waals surface area contributed by atoms with Crippen LogP contribution in [0.4, 0.5) is 5.69 Å². The number of carbonyl (C=O) groups is 2. The highest BCUT2D eigenvalue weighted by Crippen LogP contribution is 2.23. The van der Waals surface area contributed by atoms with E-state index >= 15 is 0 Å². The average Bonchev–Trinajstić information content (AvgIpc) is 2.39. The van der Waals surface area contributed by atoms with Gasteiger partial charge in [-0.1, -0.05) is 11.6 Å². The number of rotatable bonds is 4. The summed E-state index contributed by atoms with van der Waals surface area (Å²) in [4.78, 5) is 25.0. The third kappa shape index (κ3) is 4.67. The Morgan fingerprint density at radius 2 is 2.00 bits per heavy atom. The summed E-state index contributed by atoms with van der Waals surface area (Å²) in [5.74, 6) is -0.487. The van der Waals surface area contributed by atoms with Crippen LogP contribution >= 0.6 is 24.0 Å². The van der Waals surface area contributed by atoms with E-state index in [2.05, 4.69) is 5.32 Å². The van der Waals surface area contributed by atoms with Gasteiger partial charge in [-0.05, 0) is 32.0 Å². The van der Waals surface area contributed by atoms with Crippen LogP contribution in [-0.2, 0) is 4.79 Å². The number of nitrogens with two attached hydrogens (primary N) is 1. The standard InChI is InChI=1S/C13H18ClN3O2.ClH/c1-8(2)17(3)13(19)9-4-5-10(14)11(6-9)16-12(18)7-15;/h4-6,8H,7,15H2,1-3H3,(H,16,18);1H. The molecule has 2 amide bonds. The van der Waals surface area contributed by atoms with Gasteiger partial charge < -0.3 is 16.0 Å². The third-order valence-corrected chi connectivity index (χ3v) is 3.10. The summed E-state index contributed by atoms with van der Waals surface area (Å²) < 4.78 is 0. The lowest BCUT2D eigenvalue weighted by atomic mass is 10.1. The Labute approximate surface area is 129 Å². The smallest absolute Gasteiger partial charge is 0.253 e. The second-order valence-electron chi connectivity index (χ2n) is 4.46. The summed E-state index contributed by atoms with van der Waals surface area (Å²) in [6.07, 6.45) is 0. The molecule has 0 atom stereocenters. The minimum absolute atomic E-state index is 0. The molecule has 0 spiro atoms. The van der Waals surface area contributed by atoms with E-state index in [0.29, 0.717) is 16.3 Å². The molecule has 5 nitrogen and oxygen atoms in total. The van der Waals surface area contributed by atoms with Gasteiger partial charge in [-0.25, -0.2) is 0 Å². The van der Waals surface area contributed by atoms with Crippen molar-refractivity contribution in [3.05, 3.63) is 28.8 Å². The fraction of sp³-hybridized carbons (Fsp3) is 0.385. The fourth-order valence-electron chi connectivity index (χ4n) is 1.39. The second kappa shape index (κ2) is 8.09.